The predicted molar refractivity (Wildman–Crippen MR) is 79.8 cm³/mol. The van der Waals surface area contributed by atoms with Gasteiger partial charge in [0, 0.05) is 26.1 Å². The molecule has 2 atom stereocenters. The van der Waals surface area contributed by atoms with Crippen molar-refractivity contribution in [1.82, 2.24) is 25.3 Å². The van der Waals surface area contributed by atoms with Gasteiger partial charge in [0.1, 0.15) is 13.2 Å². The third-order valence-corrected chi connectivity index (χ3v) is 3.98. The lowest BCUT2D eigenvalue weighted by Crippen LogP contribution is -2.53. The number of likely N-dealkylation sites (tertiary alicyclic amines) is 1. The first-order valence-corrected chi connectivity index (χ1v) is 7.90. The van der Waals surface area contributed by atoms with Gasteiger partial charge in [-0.3, -0.25) is 14.6 Å². The third-order valence-electron chi connectivity index (χ3n) is 3.98. The summed E-state index contributed by atoms with van der Waals surface area (Å²) in [6, 6.07) is -0.201. The van der Waals surface area contributed by atoms with Gasteiger partial charge in [0.25, 0.3) is 0 Å². The molecular formula is C14H21N5O5. The van der Waals surface area contributed by atoms with Crippen molar-refractivity contribution in [2.75, 3.05) is 32.8 Å². The molecule has 24 heavy (non-hydrogen) atoms. The van der Waals surface area contributed by atoms with Crippen molar-refractivity contribution in [1.29, 1.82) is 0 Å². The summed E-state index contributed by atoms with van der Waals surface area (Å²) in [6.07, 6.45) is -0.547. The van der Waals surface area contributed by atoms with Gasteiger partial charge in [0.05, 0.1) is 19.2 Å². The number of nitrogens with one attached hydrogen (secondary N) is 1. The van der Waals surface area contributed by atoms with Gasteiger partial charge >= 0.3 is 6.09 Å². The SMILES string of the molecule is Cc1nc(CN2C[C@H](O)C[C@H](NC(=O)CN3CCOC3=O)C2)no1. The largest absolute Gasteiger partial charge is 0.448 e. The Labute approximate surface area is 138 Å². The Morgan fingerprint density at radius 3 is 2.96 bits per heavy atom. The number of aryl methyl sites for hydroxylation is 1. The number of rotatable bonds is 5. The van der Waals surface area contributed by atoms with E-state index in [1.165, 1.54) is 4.90 Å². The molecule has 2 aliphatic heterocycles. The van der Waals surface area contributed by atoms with E-state index < -0.39 is 12.2 Å². The topological polar surface area (TPSA) is 121 Å². The number of aliphatic hydroxyl groups excluding tert-OH is 1. The highest BCUT2D eigenvalue weighted by Crippen LogP contribution is 2.13. The molecule has 2 saturated heterocycles. The first kappa shape index (κ1) is 16.7. The average Bonchev–Trinajstić information content (AvgIpc) is 3.07. The number of piperidine rings is 1. The number of amides is 2. The fourth-order valence-corrected chi connectivity index (χ4v) is 3.02. The van der Waals surface area contributed by atoms with Crippen LogP contribution in [0.4, 0.5) is 4.79 Å². The number of aliphatic hydroxyl groups is 1. The number of ether oxygens (including phenoxy) is 1. The van der Waals surface area contributed by atoms with Crippen molar-refractivity contribution in [3.8, 4) is 0 Å². The summed E-state index contributed by atoms with van der Waals surface area (Å²) in [5.74, 6) is 0.778. The van der Waals surface area contributed by atoms with Crippen LogP contribution in [0.2, 0.25) is 0 Å². The molecule has 2 fully saturated rings. The summed E-state index contributed by atoms with van der Waals surface area (Å²) in [7, 11) is 0. The third kappa shape index (κ3) is 4.20. The highest BCUT2D eigenvalue weighted by Gasteiger charge is 2.30. The zero-order valence-corrected chi connectivity index (χ0v) is 13.5. The molecule has 0 aromatic carbocycles. The maximum Gasteiger partial charge on any atom is 0.410 e. The molecule has 2 amide bonds. The normalized spacial score (nSPS) is 24.9. The van der Waals surface area contributed by atoms with Crippen molar-refractivity contribution in [2.45, 2.75) is 32.0 Å². The summed E-state index contributed by atoms with van der Waals surface area (Å²) in [6.45, 7) is 3.91. The Morgan fingerprint density at radius 2 is 2.29 bits per heavy atom. The zero-order chi connectivity index (χ0) is 17.1. The molecule has 3 heterocycles. The van der Waals surface area contributed by atoms with Crippen LogP contribution in [-0.2, 0) is 16.1 Å². The number of hydrogen-bond acceptors (Lipinski definition) is 8. The molecule has 0 radical (unpaired) electrons. The van der Waals surface area contributed by atoms with Crippen LogP contribution in [0.5, 0.6) is 0 Å². The molecule has 10 nitrogen and oxygen atoms in total. The van der Waals surface area contributed by atoms with E-state index in [0.29, 0.717) is 50.9 Å². The summed E-state index contributed by atoms with van der Waals surface area (Å²) < 4.78 is 9.73. The molecule has 132 valence electrons. The molecule has 0 aliphatic carbocycles. The van der Waals surface area contributed by atoms with E-state index in [-0.39, 0.29) is 18.5 Å². The van der Waals surface area contributed by atoms with Crippen molar-refractivity contribution in [3.05, 3.63) is 11.7 Å². The van der Waals surface area contributed by atoms with E-state index in [0.717, 1.165) is 0 Å². The van der Waals surface area contributed by atoms with Crippen molar-refractivity contribution in [2.24, 2.45) is 0 Å². The van der Waals surface area contributed by atoms with Crippen LogP contribution < -0.4 is 5.32 Å². The molecule has 1 aromatic rings. The van der Waals surface area contributed by atoms with E-state index in [4.69, 9.17) is 9.26 Å². The molecule has 0 unspecified atom stereocenters. The molecule has 1 aromatic heterocycles. The van der Waals surface area contributed by atoms with Gasteiger partial charge < -0.3 is 19.7 Å². The number of cyclic esters (lactones) is 1. The fourth-order valence-electron chi connectivity index (χ4n) is 3.02. The van der Waals surface area contributed by atoms with Gasteiger partial charge in [-0.25, -0.2) is 4.79 Å². The molecule has 2 aliphatic rings. The minimum absolute atomic E-state index is 0.0323. The smallest absolute Gasteiger partial charge is 0.410 e. The maximum atomic E-state index is 12.1. The number of aromatic nitrogens is 2. The van der Waals surface area contributed by atoms with E-state index in [1.807, 2.05) is 4.90 Å². The van der Waals surface area contributed by atoms with Crippen molar-refractivity contribution in [3.63, 3.8) is 0 Å². The van der Waals surface area contributed by atoms with E-state index in [2.05, 4.69) is 15.5 Å². The molecule has 0 bridgehead atoms. The Hall–Kier alpha value is -2.20. The van der Waals surface area contributed by atoms with E-state index >= 15 is 0 Å². The maximum absolute atomic E-state index is 12.1. The lowest BCUT2D eigenvalue weighted by molar-refractivity contribution is -0.123. The van der Waals surface area contributed by atoms with Crippen LogP contribution in [-0.4, -0.2) is 82.0 Å². The Balaban J connectivity index is 1.51. The molecule has 10 heteroatoms. The predicted octanol–water partition coefficient (Wildman–Crippen LogP) is -1.12. The summed E-state index contributed by atoms with van der Waals surface area (Å²) in [4.78, 5) is 30.9. The van der Waals surface area contributed by atoms with Crippen molar-refractivity contribution >= 4 is 12.0 Å². The monoisotopic (exact) mass is 339 g/mol. The standard InChI is InChI=1S/C14H21N5O5/c1-9-15-12(17-24-9)7-18-5-10(4-11(20)6-18)16-13(21)8-19-2-3-23-14(19)22/h10-11,20H,2-8H2,1H3,(H,16,21)/t10-,11+/m0/s1. The molecule has 0 spiro atoms. The zero-order valence-electron chi connectivity index (χ0n) is 13.5. The Bertz CT molecular complexity index is 606. The van der Waals surface area contributed by atoms with Crippen molar-refractivity contribution < 1.29 is 24.0 Å². The van der Waals surface area contributed by atoms with Crippen LogP contribution in [0.1, 0.15) is 18.1 Å². The van der Waals surface area contributed by atoms with Crippen LogP contribution in [0.25, 0.3) is 0 Å². The highest BCUT2D eigenvalue weighted by molar-refractivity contribution is 5.83. The number of β-amino-alcohol motifs (C(OH)–C–C–N with tert-alkyl or cyclic N) is 1. The van der Waals surface area contributed by atoms with Crippen LogP contribution in [0.3, 0.4) is 0 Å². The lowest BCUT2D eigenvalue weighted by atomic mass is 10.0. The van der Waals surface area contributed by atoms with Gasteiger partial charge in [-0.2, -0.15) is 4.98 Å². The second kappa shape index (κ2) is 7.14. The quantitative estimate of drug-likeness (QED) is 0.692. The molecule has 3 rings (SSSR count). The Kier molecular flexibility index (Phi) is 4.95. The number of carbonyl (C=O) groups excluding carboxylic acids is 2. The summed E-state index contributed by atoms with van der Waals surface area (Å²) in [5.41, 5.74) is 0. The first-order chi connectivity index (χ1) is 11.5. The van der Waals surface area contributed by atoms with E-state index in [9.17, 15) is 14.7 Å². The van der Waals surface area contributed by atoms with Gasteiger partial charge in [-0.1, -0.05) is 5.16 Å². The van der Waals surface area contributed by atoms with Crippen LogP contribution in [0, 0.1) is 6.92 Å². The number of nitrogens with zero attached hydrogens (tertiary/aromatic N) is 4. The van der Waals surface area contributed by atoms with Crippen LogP contribution in [0.15, 0.2) is 4.52 Å². The van der Waals surface area contributed by atoms with Gasteiger partial charge in [0.15, 0.2) is 5.82 Å². The second-order valence-corrected chi connectivity index (χ2v) is 6.11. The lowest BCUT2D eigenvalue weighted by Gasteiger charge is -2.35. The molecular weight excluding hydrogens is 318 g/mol. The van der Waals surface area contributed by atoms with Gasteiger partial charge in [-0.15, -0.1) is 0 Å². The van der Waals surface area contributed by atoms with Crippen LogP contribution >= 0.6 is 0 Å². The molecule has 0 saturated carbocycles. The van der Waals surface area contributed by atoms with Gasteiger partial charge in [-0.05, 0) is 6.42 Å². The second-order valence-electron chi connectivity index (χ2n) is 6.11. The van der Waals surface area contributed by atoms with Gasteiger partial charge in [0.2, 0.25) is 11.8 Å². The average molecular weight is 339 g/mol. The minimum atomic E-state index is -0.547. The summed E-state index contributed by atoms with van der Waals surface area (Å²) in [5, 5.41) is 16.7. The Morgan fingerprint density at radius 1 is 1.46 bits per heavy atom. The minimum Gasteiger partial charge on any atom is -0.448 e. The first-order valence-electron chi connectivity index (χ1n) is 7.90. The fraction of sp³-hybridized carbons (Fsp3) is 0.714. The number of hydrogen-bond donors (Lipinski definition) is 2. The van der Waals surface area contributed by atoms with E-state index in [1.54, 1.807) is 6.92 Å². The summed E-state index contributed by atoms with van der Waals surface area (Å²) >= 11 is 0. The highest BCUT2D eigenvalue weighted by atomic mass is 16.6. The number of carbonyl (C=O) groups is 2. The molecule has 2 N–H and O–H groups in total.